The Morgan fingerprint density at radius 2 is 2.06 bits per heavy atom. The first-order valence-electron chi connectivity index (χ1n) is 6.27. The van der Waals surface area contributed by atoms with Gasteiger partial charge in [0, 0.05) is 5.56 Å². The Hall–Kier alpha value is -1.55. The first-order chi connectivity index (χ1) is 8.56. The van der Waals surface area contributed by atoms with E-state index in [0.717, 1.165) is 6.42 Å². The van der Waals surface area contributed by atoms with E-state index in [9.17, 15) is 9.90 Å². The third kappa shape index (κ3) is 3.01. The van der Waals surface area contributed by atoms with Crippen LogP contribution in [0, 0.1) is 0 Å². The molecule has 0 fully saturated rings. The Morgan fingerprint density at radius 3 is 2.61 bits per heavy atom. The maximum absolute atomic E-state index is 11.6. The highest BCUT2D eigenvalue weighted by atomic mass is 16.5. The number of rotatable bonds is 7. The Morgan fingerprint density at radius 1 is 1.39 bits per heavy atom. The molecule has 4 nitrogen and oxygen atoms in total. The van der Waals surface area contributed by atoms with Gasteiger partial charge in [0.25, 0.3) is 0 Å². The van der Waals surface area contributed by atoms with Crippen LogP contribution in [0.5, 0.6) is 5.75 Å². The maximum atomic E-state index is 11.6. The molecule has 2 N–H and O–H groups in total. The second kappa shape index (κ2) is 6.40. The molecule has 1 rings (SSSR count). The standard InChI is InChI=1S/C14H21NO3/c1-4-10-15-14(3,13(16)17)11-8-6-7-9-12(11)18-5-2/h6-9,15H,4-5,10H2,1-3H3,(H,16,17). The van der Waals surface area contributed by atoms with Crippen LogP contribution in [0.4, 0.5) is 0 Å². The lowest BCUT2D eigenvalue weighted by Crippen LogP contribution is -2.47. The van der Waals surface area contributed by atoms with E-state index in [4.69, 9.17) is 4.74 Å². The van der Waals surface area contributed by atoms with Gasteiger partial charge in [-0.25, -0.2) is 4.79 Å². The highest BCUT2D eigenvalue weighted by Gasteiger charge is 2.36. The van der Waals surface area contributed by atoms with E-state index < -0.39 is 11.5 Å². The molecule has 0 aliphatic heterocycles. The molecular weight excluding hydrogens is 230 g/mol. The van der Waals surface area contributed by atoms with E-state index in [1.165, 1.54) is 0 Å². The summed E-state index contributed by atoms with van der Waals surface area (Å²) in [6.07, 6.45) is 0.875. The molecule has 4 heteroatoms. The summed E-state index contributed by atoms with van der Waals surface area (Å²) < 4.78 is 5.51. The summed E-state index contributed by atoms with van der Waals surface area (Å²) in [4.78, 5) is 11.6. The predicted molar refractivity (Wildman–Crippen MR) is 70.9 cm³/mol. The molecule has 1 atom stereocenters. The number of ether oxygens (including phenoxy) is 1. The van der Waals surface area contributed by atoms with Crippen LogP contribution in [-0.4, -0.2) is 24.2 Å². The highest BCUT2D eigenvalue weighted by Crippen LogP contribution is 2.30. The number of para-hydroxylation sites is 1. The fourth-order valence-electron chi connectivity index (χ4n) is 1.82. The molecule has 0 aliphatic rings. The molecule has 1 unspecified atom stereocenters. The molecule has 18 heavy (non-hydrogen) atoms. The van der Waals surface area contributed by atoms with Crippen LogP contribution in [0.1, 0.15) is 32.8 Å². The first kappa shape index (κ1) is 14.5. The van der Waals surface area contributed by atoms with Crippen LogP contribution < -0.4 is 10.1 Å². The Labute approximate surface area is 108 Å². The summed E-state index contributed by atoms with van der Waals surface area (Å²) in [5.41, 5.74) is -0.463. The summed E-state index contributed by atoms with van der Waals surface area (Å²) in [6.45, 7) is 6.71. The lowest BCUT2D eigenvalue weighted by molar-refractivity contribution is -0.144. The number of carbonyl (C=O) groups is 1. The molecule has 1 aromatic carbocycles. The van der Waals surface area contributed by atoms with Gasteiger partial charge in [-0.2, -0.15) is 0 Å². The smallest absolute Gasteiger partial charge is 0.328 e. The number of nitrogens with one attached hydrogen (secondary N) is 1. The van der Waals surface area contributed by atoms with E-state index in [2.05, 4.69) is 5.32 Å². The van der Waals surface area contributed by atoms with Crippen molar-refractivity contribution in [3.8, 4) is 5.75 Å². The second-order valence-electron chi connectivity index (χ2n) is 4.29. The molecule has 0 aliphatic carbocycles. The second-order valence-corrected chi connectivity index (χ2v) is 4.29. The molecule has 100 valence electrons. The van der Waals surface area contributed by atoms with Gasteiger partial charge >= 0.3 is 5.97 Å². The van der Waals surface area contributed by atoms with E-state index in [1.54, 1.807) is 19.1 Å². The molecule has 0 saturated carbocycles. The summed E-state index contributed by atoms with van der Waals surface area (Å²) in [6, 6.07) is 7.26. The van der Waals surface area contributed by atoms with Crippen molar-refractivity contribution in [1.29, 1.82) is 0 Å². The van der Waals surface area contributed by atoms with E-state index in [1.807, 2.05) is 26.0 Å². The van der Waals surface area contributed by atoms with Crippen LogP contribution >= 0.6 is 0 Å². The SMILES string of the molecule is CCCNC(C)(C(=O)O)c1ccccc1OCC. The Bertz CT molecular complexity index is 406. The molecule has 0 spiro atoms. The summed E-state index contributed by atoms with van der Waals surface area (Å²) in [7, 11) is 0. The number of carboxylic acids is 1. The minimum Gasteiger partial charge on any atom is -0.494 e. The fraction of sp³-hybridized carbons (Fsp3) is 0.500. The van der Waals surface area contributed by atoms with Crippen LogP contribution in [0.3, 0.4) is 0 Å². The molecule has 0 saturated heterocycles. The predicted octanol–water partition coefficient (Wildman–Crippen LogP) is 2.38. The van der Waals surface area contributed by atoms with Crippen molar-refractivity contribution in [1.82, 2.24) is 5.32 Å². The molecule has 0 radical (unpaired) electrons. The normalized spacial score (nSPS) is 13.9. The lowest BCUT2D eigenvalue weighted by Gasteiger charge is -2.28. The van der Waals surface area contributed by atoms with Gasteiger partial charge < -0.3 is 9.84 Å². The van der Waals surface area contributed by atoms with Gasteiger partial charge in [0.1, 0.15) is 11.3 Å². The zero-order valence-electron chi connectivity index (χ0n) is 11.2. The van der Waals surface area contributed by atoms with Gasteiger partial charge in [0.2, 0.25) is 0 Å². The number of hydrogen-bond acceptors (Lipinski definition) is 3. The van der Waals surface area contributed by atoms with Crippen molar-refractivity contribution in [3.63, 3.8) is 0 Å². The molecule has 0 amide bonds. The number of carboxylic acid groups (broad SMARTS) is 1. The van der Waals surface area contributed by atoms with E-state index in [0.29, 0.717) is 24.5 Å². The zero-order chi connectivity index (χ0) is 13.6. The molecule has 0 bridgehead atoms. The lowest BCUT2D eigenvalue weighted by atomic mass is 9.91. The van der Waals surface area contributed by atoms with E-state index in [-0.39, 0.29) is 0 Å². The number of aliphatic carboxylic acids is 1. The average molecular weight is 251 g/mol. The van der Waals surface area contributed by atoms with Crippen molar-refractivity contribution in [2.24, 2.45) is 0 Å². The van der Waals surface area contributed by atoms with Gasteiger partial charge in [-0.3, -0.25) is 5.32 Å². The minimum absolute atomic E-state index is 0.514. The van der Waals surface area contributed by atoms with Gasteiger partial charge in [-0.15, -0.1) is 0 Å². The molecule has 0 heterocycles. The van der Waals surface area contributed by atoms with Crippen LogP contribution in [0.15, 0.2) is 24.3 Å². The van der Waals surface area contributed by atoms with Crippen molar-refractivity contribution < 1.29 is 14.6 Å². The number of hydrogen-bond donors (Lipinski definition) is 2. The first-order valence-corrected chi connectivity index (χ1v) is 6.27. The van der Waals surface area contributed by atoms with Crippen LogP contribution in [-0.2, 0) is 10.3 Å². The monoisotopic (exact) mass is 251 g/mol. The summed E-state index contributed by atoms with van der Waals surface area (Å²) in [5.74, 6) is -0.281. The van der Waals surface area contributed by atoms with E-state index >= 15 is 0 Å². The third-order valence-electron chi connectivity index (χ3n) is 2.88. The molecule has 0 aromatic heterocycles. The quantitative estimate of drug-likeness (QED) is 0.781. The topological polar surface area (TPSA) is 58.6 Å². The van der Waals surface area contributed by atoms with Crippen molar-refractivity contribution in [2.75, 3.05) is 13.2 Å². The fourth-order valence-corrected chi connectivity index (χ4v) is 1.82. The average Bonchev–Trinajstić information content (AvgIpc) is 2.36. The third-order valence-corrected chi connectivity index (χ3v) is 2.88. The summed E-state index contributed by atoms with van der Waals surface area (Å²) in [5, 5.41) is 12.6. The molecular formula is C14H21NO3. The van der Waals surface area contributed by atoms with Crippen molar-refractivity contribution >= 4 is 5.97 Å². The van der Waals surface area contributed by atoms with Crippen LogP contribution in [0.2, 0.25) is 0 Å². The van der Waals surface area contributed by atoms with Gasteiger partial charge in [0.05, 0.1) is 6.61 Å². The van der Waals surface area contributed by atoms with Gasteiger partial charge in [0.15, 0.2) is 0 Å². The number of benzene rings is 1. The van der Waals surface area contributed by atoms with Gasteiger partial charge in [-0.05, 0) is 32.9 Å². The van der Waals surface area contributed by atoms with Crippen LogP contribution in [0.25, 0.3) is 0 Å². The van der Waals surface area contributed by atoms with Gasteiger partial charge in [-0.1, -0.05) is 25.1 Å². The Kier molecular flexibility index (Phi) is 5.16. The minimum atomic E-state index is -1.12. The largest absolute Gasteiger partial charge is 0.494 e. The molecule has 1 aromatic rings. The summed E-state index contributed by atoms with van der Waals surface area (Å²) >= 11 is 0. The zero-order valence-corrected chi connectivity index (χ0v) is 11.2. The highest BCUT2D eigenvalue weighted by molar-refractivity contribution is 5.81. The van der Waals surface area contributed by atoms with Crippen molar-refractivity contribution in [3.05, 3.63) is 29.8 Å². The van der Waals surface area contributed by atoms with Crippen molar-refractivity contribution in [2.45, 2.75) is 32.7 Å². The maximum Gasteiger partial charge on any atom is 0.328 e. The Balaban J connectivity index is 3.16.